The second kappa shape index (κ2) is 7.22. The summed E-state index contributed by atoms with van der Waals surface area (Å²) in [7, 11) is 0. The van der Waals surface area contributed by atoms with Crippen LogP contribution in [0.15, 0.2) is 24.5 Å². The fraction of sp³-hybridized carbons (Fsp3) is 0.250. The molecule has 3 rings (SSSR count). The molecule has 1 aliphatic rings. The monoisotopic (exact) mass is 347 g/mol. The Kier molecular flexibility index (Phi) is 4.85. The Hall–Kier alpha value is -3.07. The van der Waals surface area contributed by atoms with Crippen LogP contribution in [0.25, 0.3) is 0 Å². The van der Waals surface area contributed by atoms with E-state index >= 15 is 0 Å². The second-order valence-electron chi connectivity index (χ2n) is 5.26. The van der Waals surface area contributed by atoms with Crippen LogP contribution in [0.5, 0.6) is 5.75 Å². The molecule has 0 unspecified atom stereocenters. The van der Waals surface area contributed by atoms with Crippen molar-refractivity contribution in [3.8, 4) is 5.75 Å². The number of benzene rings is 1. The zero-order valence-electron chi connectivity index (χ0n) is 13.0. The summed E-state index contributed by atoms with van der Waals surface area (Å²) < 4.78 is 24.2. The number of aromatic nitrogens is 2. The van der Waals surface area contributed by atoms with Crippen molar-refractivity contribution in [3.63, 3.8) is 0 Å². The van der Waals surface area contributed by atoms with Crippen molar-refractivity contribution in [2.45, 2.75) is 13.0 Å². The quantitative estimate of drug-likeness (QED) is 0.835. The highest BCUT2D eigenvalue weighted by atomic mass is 19.1. The Morgan fingerprint density at radius 3 is 2.72 bits per heavy atom. The molecule has 2 N–H and O–H groups in total. The Morgan fingerprint density at radius 2 is 2.00 bits per heavy atom. The average molecular weight is 347 g/mol. The third-order valence-corrected chi connectivity index (χ3v) is 3.54. The molecule has 8 nitrogen and oxygen atoms in total. The van der Waals surface area contributed by atoms with Gasteiger partial charge in [-0.3, -0.25) is 4.79 Å². The lowest BCUT2D eigenvalue weighted by atomic mass is 10.1. The first kappa shape index (κ1) is 16.8. The Balaban J connectivity index is 1.62. The van der Waals surface area contributed by atoms with Gasteiger partial charge in [-0.2, -0.15) is 0 Å². The van der Waals surface area contributed by atoms with Crippen molar-refractivity contribution >= 4 is 11.9 Å². The van der Waals surface area contributed by atoms with Gasteiger partial charge < -0.3 is 19.9 Å². The van der Waals surface area contributed by atoms with Crippen LogP contribution in [0.3, 0.4) is 0 Å². The maximum absolute atomic E-state index is 13.6. The summed E-state index contributed by atoms with van der Waals surface area (Å²) in [6, 6.07) is 2.72. The molecule has 130 valence electrons. The first-order valence-corrected chi connectivity index (χ1v) is 7.40. The smallest absolute Gasteiger partial charge is 0.356 e. The van der Waals surface area contributed by atoms with Gasteiger partial charge in [0.25, 0.3) is 5.91 Å². The van der Waals surface area contributed by atoms with E-state index in [2.05, 4.69) is 15.3 Å². The average Bonchev–Trinajstić information content (AvgIpc) is 2.61. The number of halogens is 1. The molecule has 0 radical (unpaired) electrons. The molecule has 1 aliphatic heterocycles. The van der Waals surface area contributed by atoms with Crippen molar-refractivity contribution in [2.24, 2.45) is 0 Å². The largest absolute Gasteiger partial charge is 0.476 e. The number of ether oxygens (including phenoxy) is 2. The Morgan fingerprint density at radius 1 is 1.24 bits per heavy atom. The predicted molar refractivity (Wildman–Crippen MR) is 81.7 cm³/mol. The first-order chi connectivity index (χ1) is 12.0. The maximum Gasteiger partial charge on any atom is 0.356 e. The topological polar surface area (TPSA) is 111 Å². The number of amides is 1. The molecule has 9 heteroatoms. The maximum atomic E-state index is 13.6. The van der Waals surface area contributed by atoms with E-state index in [0.717, 1.165) is 12.4 Å². The highest BCUT2D eigenvalue weighted by molar-refractivity contribution is 5.92. The molecule has 0 aliphatic carbocycles. The SMILES string of the molecule is O=C(O)c1cnc(C(=O)NCCc2cc(F)cc3c2OCOC3)cn1. The van der Waals surface area contributed by atoms with Gasteiger partial charge in [-0.15, -0.1) is 0 Å². The number of nitrogens with zero attached hydrogens (tertiary/aromatic N) is 2. The van der Waals surface area contributed by atoms with Gasteiger partial charge in [0.05, 0.1) is 19.0 Å². The molecular weight excluding hydrogens is 333 g/mol. The number of carbonyl (C=O) groups is 2. The second-order valence-corrected chi connectivity index (χ2v) is 5.26. The molecule has 0 saturated heterocycles. The molecule has 0 bridgehead atoms. The highest BCUT2D eigenvalue weighted by Crippen LogP contribution is 2.29. The van der Waals surface area contributed by atoms with E-state index < -0.39 is 17.7 Å². The van der Waals surface area contributed by atoms with Crippen LogP contribution in [0.2, 0.25) is 0 Å². The molecule has 1 aromatic carbocycles. The summed E-state index contributed by atoms with van der Waals surface area (Å²) in [5, 5.41) is 11.4. The number of hydrogen-bond acceptors (Lipinski definition) is 6. The van der Waals surface area contributed by atoms with Gasteiger partial charge in [-0.05, 0) is 24.1 Å². The Bertz CT molecular complexity index is 810. The lowest BCUT2D eigenvalue weighted by Crippen LogP contribution is -2.27. The molecular formula is C16H14FN3O5. The molecule has 0 spiro atoms. The van der Waals surface area contributed by atoms with Crippen molar-refractivity contribution in [2.75, 3.05) is 13.3 Å². The lowest BCUT2D eigenvalue weighted by Gasteiger charge is -2.20. The number of carbonyl (C=O) groups excluding carboxylic acids is 1. The third kappa shape index (κ3) is 3.89. The Labute approximate surface area is 141 Å². The van der Waals surface area contributed by atoms with Crippen LogP contribution in [-0.4, -0.2) is 40.3 Å². The molecule has 1 aromatic heterocycles. The number of fused-ring (bicyclic) bond motifs is 1. The van der Waals surface area contributed by atoms with E-state index in [4.69, 9.17) is 14.6 Å². The van der Waals surface area contributed by atoms with Crippen molar-refractivity contribution in [1.82, 2.24) is 15.3 Å². The zero-order valence-corrected chi connectivity index (χ0v) is 13.0. The van der Waals surface area contributed by atoms with E-state index in [1.54, 1.807) is 0 Å². The number of carboxylic acids is 1. The van der Waals surface area contributed by atoms with Gasteiger partial charge >= 0.3 is 5.97 Å². The fourth-order valence-corrected chi connectivity index (χ4v) is 2.40. The minimum atomic E-state index is -1.22. The lowest BCUT2D eigenvalue weighted by molar-refractivity contribution is -0.0172. The molecule has 2 aromatic rings. The van der Waals surface area contributed by atoms with Crippen molar-refractivity contribution in [3.05, 3.63) is 52.9 Å². The standard InChI is InChI=1S/C16H14FN3O5/c17-11-3-9(14-10(4-11)7-24-8-25-14)1-2-18-15(21)12-5-20-13(6-19-12)16(22)23/h3-6H,1-2,7-8H2,(H,18,21)(H,22,23). The van der Waals surface area contributed by atoms with Crippen molar-refractivity contribution < 1.29 is 28.6 Å². The van der Waals surface area contributed by atoms with E-state index in [1.165, 1.54) is 12.1 Å². The first-order valence-electron chi connectivity index (χ1n) is 7.40. The highest BCUT2D eigenvalue weighted by Gasteiger charge is 2.17. The van der Waals surface area contributed by atoms with Gasteiger partial charge in [0.15, 0.2) is 12.5 Å². The van der Waals surface area contributed by atoms with Crippen molar-refractivity contribution in [1.29, 1.82) is 0 Å². The fourth-order valence-electron chi connectivity index (χ4n) is 2.40. The van der Waals surface area contributed by atoms with Crippen LogP contribution >= 0.6 is 0 Å². The minimum Gasteiger partial charge on any atom is -0.476 e. The minimum absolute atomic E-state index is 0.00378. The molecule has 25 heavy (non-hydrogen) atoms. The van der Waals surface area contributed by atoms with Crippen LogP contribution < -0.4 is 10.1 Å². The summed E-state index contributed by atoms with van der Waals surface area (Å²) >= 11 is 0. The number of carboxylic acid groups (broad SMARTS) is 1. The van der Waals surface area contributed by atoms with Gasteiger partial charge in [0.1, 0.15) is 17.3 Å². The molecule has 2 heterocycles. The third-order valence-electron chi connectivity index (χ3n) is 3.54. The molecule has 1 amide bonds. The summed E-state index contributed by atoms with van der Waals surface area (Å²) in [5.41, 5.74) is 1.01. The van der Waals surface area contributed by atoms with Gasteiger partial charge in [-0.25, -0.2) is 19.2 Å². The van der Waals surface area contributed by atoms with E-state index in [-0.39, 0.29) is 31.3 Å². The number of hydrogen-bond donors (Lipinski definition) is 2. The normalized spacial score (nSPS) is 12.8. The summed E-state index contributed by atoms with van der Waals surface area (Å²) in [6.07, 6.45) is 2.45. The van der Waals surface area contributed by atoms with Crippen LogP contribution in [-0.2, 0) is 17.8 Å². The number of aromatic carboxylic acids is 1. The predicted octanol–water partition coefficient (Wildman–Crippen LogP) is 1.15. The van der Waals surface area contributed by atoms with Crippen LogP contribution in [0.4, 0.5) is 4.39 Å². The van der Waals surface area contributed by atoms with E-state index in [9.17, 15) is 14.0 Å². The van der Waals surface area contributed by atoms with E-state index in [1.807, 2.05) is 0 Å². The molecule has 0 saturated carbocycles. The van der Waals surface area contributed by atoms with E-state index in [0.29, 0.717) is 23.3 Å². The summed E-state index contributed by atoms with van der Waals surface area (Å²) in [5.74, 6) is -1.55. The van der Waals surface area contributed by atoms with Crippen LogP contribution in [0, 0.1) is 5.82 Å². The molecule has 0 fully saturated rings. The van der Waals surface area contributed by atoms with Gasteiger partial charge in [-0.1, -0.05) is 0 Å². The zero-order chi connectivity index (χ0) is 17.8. The van der Waals surface area contributed by atoms with Gasteiger partial charge in [0, 0.05) is 12.1 Å². The number of nitrogens with one attached hydrogen (secondary N) is 1. The molecule has 0 atom stereocenters. The van der Waals surface area contributed by atoms with Gasteiger partial charge in [0.2, 0.25) is 0 Å². The summed E-state index contributed by atoms with van der Waals surface area (Å²) in [4.78, 5) is 30.1. The van der Waals surface area contributed by atoms with Crippen LogP contribution in [0.1, 0.15) is 32.1 Å². The summed E-state index contributed by atoms with van der Waals surface area (Å²) in [6.45, 7) is 0.600. The number of rotatable bonds is 5.